The van der Waals surface area contributed by atoms with Gasteiger partial charge in [-0.2, -0.15) is 0 Å². The second-order valence-electron chi connectivity index (χ2n) is 5.92. The van der Waals surface area contributed by atoms with Crippen LogP contribution < -0.4 is 0 Å². The van der Waals surface area contributed by atoms with E-state index in [0.29, 0.717) is 17.2 Å². The van der Waals surface area contributed by atoms with Gasteiger partial charge in [-0.05, 0) is 35.7 Å². The molecule has 0 bridgehead atoms. The van der Waals surface area contributed by atoms with Gasteiger partial charge in [0.25, 0.3) is 0 Å². The predicted octanol–water partition coefficient (Wildman–Crippen LogP) is 5.39. The van der Waals surface area contributed by atoms with Crippen LogP contribution in [0.2, 0.25) is 0 Å². The molecule has 0 atom stereocenters. The van der Waals surface area contributed by atoms with Crippen molar-refractivity contribution in [3.05, 3.63) is 69.0 Å². The van der Waals surface area contributed by atoms with Gasteiger partial charge in [0.05, 0.1) is 11.4 Å². The van der Waals surface area contributed by atoms with Crippen LogP contribution in [0.25, 0.3) is 11.3 Å². The van der Waals surface area contributed by atoms with Gasteiger partial charge in [-0.3, -0.25) is 9.59 Å². The van der Waals surface area contributed by atoms with Crippen LogP contribution in [0.1, 0.15) is 28.3 Å². The van der Waals surface area contributed by atoms with Gasteiger partial charge in [0, 0.05) is 29.9 Å². The minimum absolute atomic E-state index is 0.0114. The Balaban J connectivity index is 1.54. The number of benzene rings is 1. The third-order valence-corrected chi connectivity index (χ3v) is 5.41. The normalized spacial score (nSPS) is 10.7. The van der Waals surface area contributed by atoms with Crippen molar-refractivity contribution in [3.8, 4) is 11.3 Å². The highest BCUT2D eigenvalue weighted by atomic mass is 79.9. The summed E-state index contributed by atoms with van der Waals surface area (Å²) in [6.07, 6.45) is 0.430. The first kappa shape index (κ1) is 18.6. The first-order valence-corrected chi connectivity index (χ1v) is 9.85. The number of Topliss-reactive ketones (excluding diaryl/α,β-unsaturated/α-hetero) is 1. The maximum atomic E-state index is 12.3. The molecule has 0 unspecified atom stereocenters. The van der Waals surface area contributed by atoms with Crippen LogP contribution in [0.5, 0.6) is 0 Å². The Hall–Kier alpha value is -2.18. The lowest BCUT2D eigenvalue weighted by atomic mass is 10.2. The molecule has 6 heteroatoms. The second kappa shape index (κ2) is 8.47. The van der Waals surface area contributed by atoms with E-state index in [1.807, 2.05) is 47.8 Å². The summed E-state index contributed by atoms with van der Waals surface area (Å²) in [6, 6.07) is 15.2. The van der Waals surface area contributed by atoms with Crippen molar-refractivity contribution in [1.29, 1.82) is 0 Å². The number of furan rings is 1. The standard InChI is InChI=1S/C20H18BrNO3S/c1-22(20(24)11-9-17(23)19-3-2-12-26-19)13-16-8-10-18(25-16)14-4-6-15(21)7-5-14/h2-8,10,12H,9,11,13H2,1H3. The van der Waals surface area contributed by atoms with Gasteiger partial charge in [0.15, 0.2) is 5.78 Å². The minimum atomic E-state index is -0.0727. The first-order chi connectivity index (χ1) is 12.5. The zero-order chi connectivity index (χ0) is 18.5. The summed E-state index contributed by atoms with van der Waals surface area (Å²) in [4.78, 5) is 26.5. The number of hydrogen-bond donors (Lipinski definition) is 0. The molecular formula is C20H18BrNO3S. The number of halogens is 1. The number of rotatable bonds is 7. The molecule has 0 aliphatic carbocycles. The van der Waals surface area contributed by atoms with Crippen molar-refractivity contribution >= 4 is 39.0 Å². The van der Waals surface area contributed by atoms with Crippen LogP contribution >= 0.6 is 27.3 Å². The molecule has 3 aromatic rings. The molecule has 3 rings (SSSR count). The van der Waals surface area contributed by atoms with E-state index in [-0.39, 0.29) is 24.5 Å². The van der Waals surface area contributed by atoms with E-state index >= 15 is 0 Å². The maximum absolute atomic E-state index is 12.3. The lowest BCUT2D eigenvalue weighted by Gasteiger charge is -2.15. The quantitative estimate of drug-likeness (QED) is 0.471. The van der Waals surface area contributed by atoms with Crippen molar-refractivity contribution < 1.29 is 14.0 Å². The third-order valence-electron chi connectivity index (χ3n) is 3.97. The fraction of sp³-hybridized carbons (Fsp3) is 0.200. The van der Waals surface area contributed by atoms with E-state index in [1.165, 1.54) is 11.3 Å². The van der Waals surface area contributed by atoms with Crippen LogP contribution in [-0.4, -0.2) is 23.6 Å². The van der Waals surface area contributed by atoms with Gasteiger partial charge in [-0.15, -0.1) is 11.3 Å². The Morgan fingerprint density at radius 3 is 2.54 bits per heavy atom. The van der Waals surface area contributed by atoms with Crippen LogP contribution in [0.4, 0.5) is 0 Å². The molecule has 0 aliphatic heterocycles. The topological polar surface area (TPSA) is 50.5 Å². The Morgan fingerprint density at radius 2 is 1.85 bits per heavy atom. The van der Waals surface area contributed by atoms with Gasteiger partial charge in [0.1, 0.15) is 11.5 Å². The Morgan fingerprint density at radius 1 is 1.08 bits per heavy atom. The Kier molecular flexibility index (Phi) is 6.06. The molecule has 0 saturated carbocycles. The molecule has 1 amide bonds. The Labute approximate surface area is 164 Å². The summed E-state index contributed by atoms with van der Waals surface area (Å²) >= 11 is 4.81. The van der Waals surface area contributed by atoms with E-state index < -0.39 is 0 Å². The molecule has 0 N–H and O–H groups in total. The van der Waals surface area contributed by atoms with Gasteiger partial charge in [-0.25, -0.2) is 0 Å². The molecule has 0 spiro atoms. The number of hydrogen-bond acceptors (Lipinski definition) is 4. The highest BCUT2D eigenvalue weighted by Crippen LogP contribution is 2.24. The molecule has 0 radical (unpaired) electrons. The molecule has 2 aromatic heterocycles. The van der Waals surface area contributed by atoms with E-state index in [0.717, 1.165) is 15.8 Å². The predicted molar refractivity (Wildman–Crippen MR) is 106 cm³/mol. The van der Waals surface area contributed by atoms with Gasteiger partial charge in [0.2, 0.25) is 5.91 Å². The van der Waals surface area contributed by atoms with Crippen molar-refractivity contribution in [2.75, 3.05) is 7.05 Å². The molecule has 2 heterocycles. The van der Waals surface area contributed by atoms with Crippen LogP contribution in [-0.2, 0) is 11.3 Å². The highest BCUT2D eigenvalue weighted by Gasteiger charge is 2.15. The number of carbonyl (C=O) groups excluding carboxylic acids is 2. The number of nitrogens with zero attached hydrogens (tertiary/aromatic N) is 1. The summed E-state index contributed by atoms with van der Waals surface area (Å²) in [7, 11) is 1.72. The van der Waals surface area contributed by atoms with E-state index in [2.05, 4.69) is 15.9 Å². The summed E-state index contributed by atoms with van der Waals surface area (Å²) in [5.74, 6) is 1.42. The van der Waals surface area contributed by atoms with Crippen molar-refractivity contribution in [2.45, 2.75) is 19.4 Å². The molecule has 0 aliphatic rings. The zero-order valence-corrected chi connectivity index (χ0v) is 16.7. The van der Waals surface area contributed by atoms with Crippen LogP contribution in [0.15, 0.2) is 62.8 Å². The monoisotopic (exact) mass is 431 g/mol. The zero-order valence-electron chi connectivity index (χ0n) is 14.3. The molecule has 4 nitrogen and oxygen atoms in total. The lowest BCUT2D eigenvalue weighted by Crippen LogP contribution is -2.26. The molecule has 26 heavy (non-hydrogen) atoms. The second-order valence-corrected chi connectivity index (χ2v) is 7.79. The fourth-order valence-corrected chi connectivity index (χ4v) is 3.48. The first-order valence-electron chi connectivity index (χ1n) is 8.18. The van der Waals surface area contributed by atoms with Crippen LogP contribution in [0.3, 0.4) is 0 Å². The molecule has 134 valence electrons. The average molecular weight is 432 g/mol. The van der Waals surface area contributed by atoms with Crippen LogP contribution in [0, 0.1) is 0 Å². The summed E-state index contributed by atoms with van der Waals surface area (Å²) in [5.41, 5.74) is 0.981. The minimum Gasteiger partial charge on any atom is -0.459 e. The molecule has 1 aromatic carbocycles. The summed E-state index contributed by atoms with van der Waals surface area (Å²) in [5, 5.41) is 1.86. The number of ketones is 1. The molecule has 0 fully saturated rings. The molecular weight excluding hydrogens is 414 g/mol. The van der Waals surface area contributed by atoms with Crippen molar-refractivity contribution in [3.63, 3.8) is 0 Å². The van der Waals surface area contributed by atoms with Gasteiger partial charge in [-0.1, -0.05) is 34.1 Å². The van der Waals surface area contributed by atoms with Gasteiger partial charge < -0.3 is 9.32 Å². The average Bonchev–Trinajstić information content (AvgIpc) is 3.32. The number of carbonyl (C=O) groups is 2. The van der Waals surface area contributed by atoms with E-state index in [4.69, 9.17) is 4.42 Å². The smallest absolute Gasteiger partial charge is 0.223 e. The summed E-state index contributed by atoms with van der Waals surface area (Å²) < 4.78 is 6.85. The lowest BCUT2D eigenvalue weighted by molar-refractivity contribution is -0.130. The number of thiophene rings is 1. The summed E-state index contributed by atoms with van der Waals surface area (Å²) in [6.45, 7) is 0.378. The van der Waals surface area contributed by atoms with E-state index in [1.54, 1.807) is 18.0 Å². The maximum Gasteiger partial charge on any atom is 0.223 e. The van der Waals surface area contributed by atoms with Crippen molar-refractivity contribution in [2.24, 2.45) is 0 Å². The Bertz CT molecular complexity index is 884. The largest absolute Gasteiger partial charge is 0.459 e. The van der Waals surface area contributed by atoms with Gasteiger partial charge >= 0.3 is 0 Å². The third kappa shape index (κ3) is 4.71. The highest BCUT2D eigenvalue weighted by molar-refractivity contribution is 9.10. The number of amides is 1. The molecule has 0 saturated heterocycles. The van der Waals surface area contributed by atoms with E-state index in [9.17, 15) is 9.59 Å². The fourth-order valence-electron chi connectivity index (χ4n) is 2.53. The van der Waals surface area contributed by atoms with Crippen molar-refractivity contribution in [1.82, 2.24) is 4.90 Å². The SMILES string of the molecule is CN(Cc1ccc(-c2ccc(Br)cc2)o1)C(=O)CCC(=O)c1cccs1.